The van der Waals surface area contributed by atoms with Gasteiger partial charge in [-0.3, -0.25) is 9.78 Å². The molecule has 3 nitrogen and oxygen atoms in total. The van der Waals surface area contributed by atoms with Gasteiger partial charge in [-0.2, -0.15) is 0 Å². The Labute approximate surface area is 104 Å². The van der Waals surface area contributed by atoms with Crippen LogP contribution < -0.4 is 0 Å². The van der Waals surface area contributed by atoms with Gasteiger partial charge in [-0.05, 0) is 37.3 Å². The third-order valence-corrected chi connectivity index (χ3v) is 2.87. The zero-order valence-corrected chi connectivity index (χ0v) is 9.88. The summed E-state index contributed by atoms with van der Waals surface area (Å²) in [6.07, 6.45) is 2.96. The lowest BCUT2D eigenvalue weighted by atomic mass is 10.0. The van der Waals surface area contributed by atoms with Gasteiger partial charge in [0.2, 0.25) is 0 Å². The predicted molar refractivity (Wildman–Crippen MR) is 68.6 cm³/mol. The zero-order valence-electron chi connectivity index (χ0n) is 9.88. The van der Waals surface area contributed by atoms with Crippen molar-refractivity contribution in [3.63, 3.8) is 0 Å². The van der Waals surface area contributed by atoms with Crippen molar-refractivity contribution in [1.29, 1.82) is 0 Å². The van der Waals surface area contributed by atoms with Crippen LogP contribution in [0.2, 0.25) is 0 Å². The topological polar surface area (TPSA) is 43.1 Å². The van der Waals surface area contributed by atoms with E-state index in [1.165, 1.54) is 12.5 Å². The van der Waals surface area contributed by atoms with Gasteiger partial charge in [0.05, 0.1) is 17.3 Å². The van der Waals surface area contributed by atoms with E-state index in [4.69, 9.17) is 4.42 Å². The minimum Gasteiger partial charge on any atom is -0.472 e. The number of hydrogen-bond donors (Lipinski definition) is 0. The van der Waals surface area contributed by atoms with E-state index in [9.17, 15) is 4.79 Å². The third-order valence-electron chi connectivity index (χ3n) is 2.87. The highest BCUT2D eigenvalue weighted by Crippen LogP contribution is 2.17. The Morgan fingerprint density at radius 1 is 1.11 bits per heavy atom. The molecule has 3 aromatic rings. The summed E-state index contributed by atoms with van der Waals surface area (Å²) in [4.78, 5) is 16.5. The molecule has 0 N–H and O–H groups in total. The summed E-state index contributed by atoms with van der Waals surface area (Å²) in [5.41, 5.74) is 3.08. The molecule has 0 aliphatic rings. The van der Waals surface area contributed by atoms with Crippen molar-refractivity contribution in [2.24, 2.45) is 0 Å². The van der Waals surface area contributed by atoms with E-state index in [2.05, 4.69) is 4.98 Å². The Hall–Kier alpha value is -2.42. The Bertz CT molecular complexity index is 714. The standard InChI is InChI=1S/C15H11NO2/c1-10-2-3-11-8-12(4-5-14(11)16-10)15(17)13-6-7-18-9-13/h2-9H,1H3. The van der Waals surface area contributed by atoms with Crippen LogP contribution in [0, 0.1) is 6.92 Å². The number of pyridine rings is 1. The largest absolute Gasteiger partial charge is 0.472 e. The molecule has 0 radical (unpaired) electrons. The highest BCUT2D eigenvalue weighted by Gasteiger charge is 2.10. The van der Waals surface area contributed by atoms with E-state index in [1.807, 2.05) is 31.2 Å². The van der Waals surface area contributed by atoms with Gasteiger partial charge in [0.1, 0.15) is 6.26 Å². The second-order valence-electron chi connectivity index (χ2n) is 4.20. The van der Waals surface area contributed by atoms with Gasteiger partial charge < -0.3 is 4.42 Å². The van der Waals surface area contributed by atoms with E-state index < -0.39 is 0 Å². The summed E-state index contributed by atoms with van der Waals surface area (Å²) < 4.78 is 4.93. The second kappa shape index (κ2) is 4.11. The minimum absolute atomic E-state index is 0.0359. The number of ketones is 1. The number of benzene rings is 1. The summed E-state index contributed by atoms with van der Waals surface area (Å²) >= 11 is 0. The predicted octanol–water partition coefficient (Wildman–Crippen LogP) is 3.37. The van der Waals surface area contributed by atoms with E-state index in [0.717, 1.165) is 16.6 Å². The summed E-state index contributed by atoms with van der Waals surface area (Å²) in [6.45, 7) is 1.95. The summed E-state index contributed by atoms with van der Waals surface area (Å²) in [7, 11) is 0. The quantitative estimate of drug-likeness (QED) is 0.642. The molecule has 0 saturated carbocycles. The third kappa shape index (κ3) is 1.80. The molecule has 2 heterocycles. The first-order chi connectivity index (χ1) is 8.74. The fourth-order valence-corrected chi connectivity index (χ4v) is 1.93. The van der Waals surface area contributed by atoms with Gasteiger partial charge in [-0.15, -0.1) is 0 Å². The van der Waals surface area contributed by atoms with Gasteiger partial charge in [0.25, 0.3) is 0 Å². The Balaban J connectivity index is 2.09. The second-order valence-corrected chi connectivity index (χ2v) is 4.20. The number of aryl methyl sites for hydroxylation is 1. The van der Waals surface area contributed by atoms with Crippen molar-refractivity contribution in [2.45, 2.75) is 6.92 Å². The molecule has 0 atom stereocenters. The molecule has 0 bridgehead atoms. The van der Waals surface area contributed by atoms with Crippen LogP contribution in [-0.2, 0) is 0 Å². The molecule has 0 unspecified atom stereocenters. The number of hydrogen-bond acceptors (Lipinski definition) is 3. The molecule has 18 heavy (non-hydrogen) atoms. The Morgan fingerprint density at radius 3 is 2.78 bits per heavy atom. The zero-order chi connectivity index (χ0) is 12.5. The van der Waals surface area contributed by atoms with Crippen molar-refractivity contribution in [3.05, 3.63) is 65.7 Å². The summed E-state index contributed by atoms with van der Waals surface area (Å²) in [5.74, 6) is -0.0359. The lowest BCUT2D eigenvalue weighted by molar-refractivity contribution is 0.103. The van der Waals surface area contributed by atoms with Gasteiger partial charge in [0.15, 0.2) is 5.78 Å². The molecular weight excluding hydrogens is 226 g/mol. The number of aromatic nitrogens is 1. The Kier molecular flexibility index (Phi) is 2.45. The molecule has 0 saturated heterocycles. The molecule has 0 spiro atoms. The molecule has 3 heteroatoms. The van der Waals surface area contributed by atoms with Crippen LogP contribution in [0.3, 0.4) is 0 Å². The molecular formula is C15H11NO2. The SMILES string of the molecule is Cc1ccc2cc(C(=O)c3ccoc3)ccc2n1. The van der Waals surface area contributed by atoms with Crippen molar-refractivity contribution in [3.8, 4) is 0 Å². The van der Waals surface area contributed by atoms with Crippen LogP contribution in [-0.4, -0.2) is 10.8 Å². The van der Waals surface area contributed by atoms with Crippen molar-refractivity contribution >= 4 is 16.7 Å². The monoisotopic (exact) mass is 237 g/mol. The smallest absolute Gasteiger partial charge is 0.196 e. The molecule has 0 aliphatic carbocycles. The summed E-state index contributed by atoms with van der Waals surface area (Å²) in [6, 6.07) is 11.1. The number of furan rings is 1. The lowest BCUT2D eigenvalue weighted by Gasteiger charge is -2.02. The van der Waals surface area contributed by atoms with Crippen LogP contribution in [0.15, 0.2) is 53.3 Å². The maximum atomic E-state index is 12.1. The van der Waals surface area contributed by atoms with E-state index >= 15 is 0 Å². The van der Waals surface area contributed by atoms with E-state index in [-0.39, 0.29) is 5.78 Å². The maximum absolute atomic E-state index is 12.1. The average molecular weight is 237 g/mol. The molecule has 0 amide bonds. The van der Waals surface area contributed by atoms with Gasteiger partial charge >= 0.3 is 0 Å². The van der Waals surface area contributed by atoms with E-state index in [1.54, 1.807) is 12.1 Å². The fraction of sp³-hybridized carbons (Fsp3) is 0.0667. The lowest BCUT2D eigenvalue weighted by Crippen LogP contribution is -1.99. The highest BCUT2D eigenvalue weighted by atomic mass is 16.3. The van der Waals surface area contributed by atoms with Gasteiger partial charge in [0, 0.05) is 16.6 Å². The molecule has 3 rings (SSSR count). The van der Waals surface area contributed by atoms with Crippen LogP contribution in [0.1, 0.15) is 21.6 Å². The van der Waals surface area contributed by atoms with Gasteiger partial charge in [-0.25, -0.2) is 0 Å². The Morgan fingerprint density at radius 2 is 2.00 bits per heavy atom. The molecule has 1 aromatic carbocycles. The number of fused-ring (bicyclic) bond motifs is 1. The summed E-state index contributed by atoms with van der Waals surface area (Å²) in [5, 5.41) is 0.968. The van der Waals surface area contributed by atoms with Crippen LogP contribution in [0.25, 0.3) is 10.9 Å². The first-order valence-corrected chi connectivity index (χ1v) is 5.68. The molecule has 0 aliphatic heterocycles. The van der Waals surface area contributed by atoms with E-state index in [0.29, 0.717) is 11.1 Å². The fourth-order valence-electron chi connectivity index (χ4n) is 1.93. The maximum Gasteiger partial charge on any atom is 0.196 e. The molecule has 0 fully saturated rings. The van der Waals surface area contributed by atoms with Crippen LogP contribution >= 0.6 is 0 Å². The van der Waals surface area contributed by atoms with Crippen molar-refractivity contribution in [2.75, 3.05) is 0 Å². The number of carbonyl (C=O) groups is 1. The molecule has 2 aromatic heterocycles. The highest BCUT2D eigenvalue weighted by molar-refractivity contribution is 6.10. The first kappa shape index (κ1) is 10.7. The van der Waals surface area contributed by atoms with Crippen molar-refractivity contribution < 1.29 is 9.21 Å². The van der Waals surface area contributed by atoms with Gasteiger partial charge in [-0.1, -0.05) is 6.07 Å². The normalized spacial score (nSPS) is 10.7. The number of carbonyl (C=O) groups excluding carboxylic acids is 1. The van der Waals surface area contributed by atoms with Crippen LogP contribution in [0.4, 0.5) is 0 Å². The minimum atomic E-state index is -0.0359. The first-order valence-electron chi connectivity index (χ1n) is 5.68. The van der Waals surface area contributed by atoms with Crippen molar-refractivity contribution in [1.82, 2.24) is 4.98 Å². The number of rotatable bonds is 2. The molecule has 88 valence electrons. The average Bonchev–Trinajstić information content (AvgIpc) is 2.91. The number of nitrogens with zero attached hydrogens (tertiary/aromatic N) is 1. The van der Waals surface area contributed by atoms with Crippen LogP contribution in [0.5, 0.6) is 0 Å².